The van der Waals surface area contributed by atoms with Crippen LogP contribution in [0.4, 0.5) is 0 Å². The van der Waals surface area contributed by atoms with Crippen molar-refractivity contribution in [2.24, 2.45) is 0 Å². The largest absolute Gasteiger partial charge is 0.472 e. The van der Waals surface area contributed by atoms with Gasteiger partial charge in [0, 0.05) is 25.2 Å². The highest BCUT2D eigenvalue weighted by molar-refractivity contribution is 9.10. The zero-order valence-electron chi connectivity index (χ0n) is 10.5. The van der Waals surface area contributed by atoms with Crippen molar-refractivity contribution >= 4 is 21.8 Å². The van der Waals surface area contributed by atoms with E-state index >= 15 is 0 Å². The van der Waals surface area contributed by atoms with Crippen LogP contribution in [0.5, 0.6) is 5.88 Å². The monoisotopic (exact) mass is 337 g/mol. The van der Waals surface area contributed by atoms with E-state index in [2.05, 4.69) is 25.9 Å². The molecule has 1 atom stereocenters. The highest BCUT2D eigenvalue weighted by atomic mass is 79.9. The third kappa shape index (κ3) is 2.82. The van der Waals surface area contributed by atoms with Gasteiger partial charge in [0.2, 0.25) is 5.88 Å². The molecule has 1 aliphatic rings. The van der Waals surface area contributed by atoms with Crippen molar-refractivity contribution in [2.45, 2.75) is 12.5 Å². The molecule has 1 amide bonds. The first-order valence-electron chi connectivity index (χ1n) is 6.19. The Bertz CT molecular complexity index is 602. The lowest BCUT2D eigenvalue weighted by Gasteiger charge is -2.15. The van der Waals surface area contributed by atoms with E-state index < -0.39 is 0 Å². The van der Waals surface area contributed by atoms with Gasteiger partial charge in [0.1, 0.15) is 12.4 Å². The van der Waals surface area contributed by atoms with E-state index in [0.717, 1.165) is 6.42 Å². The highest BCUT2D eigenvalue weighted by Gasteiger charge is 2.29. The number of ether oxygens (including phenoxy) is 1. The van der Waals surface area contributed by atoms with Crippen molar-refractivity contribution in [2.75, 3.05) is 13.1 Å². The van der Waals surface area contributed by atoms with Crippen LogP contribution >= 0.6 is 15.9 Å². The van der Waals surface area contributed by atoms with Gasteiger partial charge in [-0.3, -0.25) is 4.79 Å². The van der Waals surface area contributed by atoms with Crippen LogP contribution in [0.25, 0.3) is 0 Å². The molecule has 0 aromatic carbocycles. The number of amides is 1. The standard InChI is InChI=1S/C13H12BrN3O3/c14-11-2-1-10(20-11)13(18)17-6-4-9(7-17)19-12-3-5-15-8-16-12/h1-3,5,8-9H,4,6-7H2. The fraction of sp³-hybridized carbons (Fsp3) is 0.308. The predicted octanol–water partition coefficient (Wildman–Crippen LogP) is 2.13. The van der Waals surface area contributed by atoms with Crippen molar-refractivity contribution in [3.05, 3.63) is 41.2 Å². The molecule has 2 aromatic rings. The fourth-order valence-electron chi connectivity index (χ4n) is 2.11. The summed E-state index contributed by atoms with van der Waals surface area (Å²) >= 11 is 3.19. The predicted molar refractivity (Wildman–Crippen MR) is 73.4 cm³/mol. The normalized spacial score (nSPS) is 18.2. The molecule has 6 nitrogen and oxygen atoms in total. The van der Waals surface area contributed by atoms with E-state index in [9.17, 15) is 4.79 Å². The van der Waals surface area contributed by atoms with E-state index in [-0.39, 0.29) is 12.0 Å². The molecular weight excluding hydrogens is 326 g/mol. The second-order valence-corrected chi connectivity index (χ2v) is 5.21. The number of nitrogens with zero attached hydrogens (tertiary/aromatic N) is 3. The molecule has 1 saturated heterocycles. The van der Waals surface area contributed by atoms with Crippen molar-refractivity contribution in [3.8, 4) is 5.88 Å². The SMILES string of the molecule is O=C(c1ccc(Br)o1)N1CCC(Oc2ccncn2)C1. The minimum absolute atomic E-state index is 0.0488. The van der Waals surface area contributed by atoms with Gasteiger partial charge in [0.25, 0.3) is 5.91 Å². The summed E-state index contributed by atoms with van der Waals surface area (Å²) in [5.41, 5.74) is 0. The quantitative estimate of drug-likeness (QED) is 0.858. The Hall–Kier alpha value is -1.89. The van der Waals surface area contributed by atoms with Crippen LogP contribution in [0.2, 0.25) is 0 Å². The summed E-state index contributed by atoms with van der Waals surface area (Å²) < 4.78 is 11.5. The Morgan fingerprint density at radius 2 is 2.35 bits per heavy atom. The van der Waals surface area contributed by atoms with E-state index in [0.29, 0.717) is 29.4 Å². The summed E-state index contributed by atoms with van der Waals surface area (Å²) in [5, 5.41) is 0. The minimum atomic E-state index is -0.121. The van der Waals surface area contributed by atoms with Gasteiger partial charge in [-0.1, -0.05) is 0 Å². The van der Waals surface area contributed by atoms with Gasteiger partial charge in [0.05, 0.1) is 6.54 Å². The number of carbonyl (C=O) groups excluding carboxylic acids is 1. The maximum Gasteiger partial charge on any atom is 0.289 e. The van der Waals surface area contributed by atoms with Crippen LogP contribution in [-0.4, -0.2) is 40.0 Å². The first-order valence-corrected chi connectivity index (χ1v) is 6.99. The highest BCUT2D eigenvalue weighted by Crippen LogP contribution is 2.20. The molecule has 0 saturated carbocycles. The lowest BCUT2D eigenvalue weighted by Crippen LogP contribution is -2.30. The lowest BCUT2D eigenvalue weighted by molar-refractivity contribution is 0.0738. The van der Waals surface area contributed by atoms with E-state index in [1.807, 2.05) is 0 Å². The van der Waals surface area contributed by atoms with Crippen LogP contribution < -0.4 is 4.74 Å². The van der Waals surface area contributed by atoms with Crippen molar-refractivity contribution in [1.29, 1.82) is 0 Å². The second-order valence-electron chi connectivity index (χ2n) is 4.43. The topological polar surface area (TPSA) is 68.5 Å². The molecule has 1 fully saturated rings. The number of furan rings is 1. The van der Waals surface area contributed by atoms with Gasteiger partial charge in [-0.25, -0.2) is 9.97 Å². The van der Waals surface area contributed by atoms with Gasteiger partial charge in [-0.05, 0) is 28.1 Å². The number of likely N-dealkylation sites (tertiary alicyclic amines) is 1. The summed E-state index contributed by atoms with van der Waals surface area (Å²) in [6, 6.07) is 5.07. The maximum atomic E-state index is 12.2. The van der Waals surface area contributed by atoms with Crippen molar-refractivity contribution < 1.29 is 13.9 Å². The summed E-state index contributed by atoms with van der Waals surface area (Å²) in [6.07, 6.45) is 3.79. The number of halogens is 1. The zero-order chi connectivity index (χ0) is 13.9. The summed E-state index contributed by atoms with van der Waals surface area (Å²) in [6.45, 7) is 1.17. The molecule has 20 heavy (non-hydrogen) atoms. The minimum Gasteiger partial charge on any atom is -0.472 e. The Labute approximate surface area is 123 Å². The molecule has 1 aliphatic heterocycles. The Morgan fingerprint density at radius 3 is 3.05 bits per heavy atom. The molecular formula is C13H12BrN3O3. The van der Waals surface area contributed by atoms with E-state index in [1.54, 1.807) is 29.3 Å². The number of carbonyl (C=O) groups is 1. The van der Waals surface area contributed by atoms with E-state index in [1.165, 1.54) is 6.33 Å². The third-order valence-electron chi connectivity index (χ3n) is 3.06. The van der Waals surface area contributed by atoms with Crippen molar-refractivity contribution in [1.82, 2.24) is 14.9 Å². The Balaban J connectivity index is 1.61. The number of hydrogen-bond donors (Lipinski definition) is 0. The molecule has 0 radical (unpaired) electrons. The molecule has 3 heterocycles. The fourth-order valence-corrected chi connectivity index (χ4v) is 2.42. The molecule has 0 aliphatic carbocycles. The van der Waals surface area contributed by atoms with Crippen LogP contribution in [0.3, 0.4) is 0 Å². The maximum absolute atomic E-state index is 12.2. The van der Waals surface area contributed by atoms with Crippen LogP contribution in [0.15, 0.2) is 39.8 Å². The molecule has 0 spiro atoms. The molecule has 104 valence electrons. The van der Waals surface area contributed by atoms with Gasteiger partial charge in [0.15, 0.2) is 10.4 Å². The zero-order valence-corrected chi connectivity index (χ0v) is 12.1. The van der Waals surface area contributed by atoms with Crippen LogP contribution in [-0.2, 0) is 0 Å². The average molecular weight is 338 g/mol. The molecule has 3 rings (SSSR count). The number of aromatic nitrogens is 2. The molecule has 1 unspecified atom stereocenters. The number of rotatable bonds is 3. The molecule has 2 aromatic heterocycles. The van der Waals surface area contributed by atoms with Gasteiger partial charge in [-0.2, -0.15) is 0 Å². The van der Waals surface area contributed by atoms with Crippen molar-refractivity contribution in [3.63, 3.8) is 0 Å². The Morgan fingerprint density at radius 1 is 1.45 bits per heavy atom. The summed E-state index contributed by atoms with van der Waals surface area (Å²) in [7, 11) is 0. The first kappa shape index (κ1) is 13.1. The molecule has 0 N–H and O–H groups in total. The summed E-state index contributed by atoms with van der Waals surface area (Å²) in [4.78, 5) is 21.8. The van der Waals surface area contributed by atoms with Gasteiger partial charge >= 0.3 is 0 Å². The molecule has 7 heteroatoms. The van der Waals surface area contributed by atoms with Gasteiger partial charge < -0.3 is 14.1 Å². The Kier molecular flexibility index (Phi) is 3.68. The third-order valence-corrected chi connectivity index (χ3v) is 3.48. The lowest BCUT2D eigenvalue weighted by atomic mass is 10.3. The van der Waals surface area contributed by atoms with Gasteiger partial charge in [-0.15, -0.1) is 0 Å². The first-order chi connectivity index (χ1) is 9.72. The number of hydrogen-bond acceptors (Lipinski definition) is 5. The van der Waals surface area contributed by atoms with E-state index in [4.69, 9.17) is 9.15 Å². The smallest absolute Gasteiger partial charge is 0.289 e. The summed E-state index contributed by atoms with van der Waals surface area (Å²) in [5.74, 6) is 0.740. The second kappa shape index (κ2) is 5.62. The van der Waals surface area contributed by atoms with Crippen LogP contribution in [0, 0.1) is 0 Å². The average Bonchev–Trinajstić information content (AvgIpc) is 3.08. The molecule has 0 bridgehead atoms. The van der Waals surface area contributed by atoms with Crippen LogP contribution in [0.1, 0.15) is 17.0 Å².